The van der Waals surface area contributed by atoms with Crippen molar-refractivity contribution in [2.45, 2.75) is 27.2 Å². The minimum atomic E-state index is 0. The lowest BCUT2D eigenvalue weighted by Crippen LogP contribution is -2.01. The van der Waals surface area contributed by atoms with Crippen molar-refractivity contribution in [3.63, 3.8) is 0 Å². The molecule has 0 amide bonds. The first-order valence-electron chi connectivity index (χ1n) is 5.51. The number of nitrogens with zero attached hydrogens (tertiary/aromatic N) is 4. The summed E-state index contributed by atoms with van der Waals surface area (Å²) in [6.45, 7) is 4.02. The summed E-state index contributed by atoms with van der Waals surface area (Å²) in [5.74, 6) is 0.287. The van der Waals surface area contributed by atoms with Crippen LogP contribution in [0.15, 0.2) is 12.7 Å². The standard InChI is InChI=1S/C7H10ClN3.C4H3Cl2N3.CH4/c1-4(2)6-5(9)7(8)11-3-10-6;5-3-2(7)4(6)9-1-8-3;/h3-4H,9H2,1-2H3;1H,7H2;1H4. The molecule has 0 unspecified atom stereocenters. The Bertz CT molecular complexity index is 571. The highest BCUT2D eigenvalue weighted by atomic mass is 35.5. The van der Waals surface area contributed by atoms with Crippen LogP contribution >= 0.6 is 34.8 Å². The van der Waals surface area contributed by atoms with Crippen molar-refractivity contribution in [2.75, 3.05) is 11.5 Å². The normalized spacial score (nSPS) is 9.62. The van der Waals surface area contributed by atoms with E-state index in [4.69, 9.17) is 46.3 Å². The van der Waals surface area contributed by atoms with Gasteiger partial charge in [-0.3, -0.25) is 0 Å². The van der Waals surface area contributed by atoms with E-state index in [2.05, 4.69) is 19.9 Å². The van der Waals surface area contributed by atoms with Crippen molar-refractivity contribution in [2.24, 2.45) is 0 Å². The molecule has 21 heavy (non-hydrogen) atoms. The average molecular weight is 352 g/mol. The zero-order chi connectivity index (χ0) is 15.3. The molecule has 0 aliphatic carbocycles. The lowest BCUT2D eigenvalue weighted by atomic mass is 10.1. The van der Waals surface area contributed by atoms with Crippen LogP contribution in [-0.4, -0.2) is 19.9 Å². The first-order valence-corrected chi connectivity index (χ1v) is 6.65. The number of nitrogens with two attached hydrogens (primary N) is 2. The van der Waals surface area contributed by atoms with Gasteiger partial charge in [-0.25, -0.2) is 19.9 Å². The summed E-state index contributed by atoms with van der Waals surface area (Å²) < 4.78 is 0. The minimum absolute atomic E-state index is 0. The first-order chi connectivity index (χ1) is 9.34. The molecule has 4 N–H and O–H groups in total. The second-order valence-electron chi connectivity index (χ2n) is 3.99. The highest BCUT2D eigenvalue weighted by molar-refractivity contribution is 6.37. The maximum absolute atomic E-state index is 5.68. The van der Waals surface area contributed by atoms with Crippen molar-refractivity contribution >= 4 is 46.2 Å². The molecule has 0 fully saturated rings. The van der Waals surface area contributed by atoms with Gasteiger partial charge in [0.2, 0.25) is 0 Å². The lowest BCUT2D eigenvalue weighted by molar-refractivity contribution is 0.818. The number of anilines is 2. The first kappa shape index (κ1) is 19.6. The summed E-state index contributed by atoms with van der Waals surface area (Å²) in [4.78, 5) is 14.9. The molecule has 0 aromatic carbocycles. The largest absolute Gasteiger partial charge is 0.395 e. The van der Waals surface area contributed by atoms with Crippen LogP contribution < -0.4 is 11.5 Å². The number of hydrogen-bond acceptors (Lipinski definition) is 6. The van der Waals surface area contributed by atoms with Crippen molar-refractivity contribution in [3.05, 3.63) is 33.8 Å². The zero-order valence-electron chi connectivity index (χ0n) is 10.8. The van der Waals surface area contributed by atoms with Crippen LogP contribution in [0.2, 0.25) is 15.5 Å². The fourth-order valence-electron chi connectivity index (χ4n) is 1.20. The highest BCUT2D eigenvalue weighted by Crippen LogP contribution is 2.23. The molecule has 0 bridgehead atoms. The molecule has 0 aliphatic rings. The molecule has 6 nitrogen and oxygen atoms in total. The Balaban J connectivity index is 0.000000370. The third kappa shape index (κ3) is 5.49. The van der Waals surface area contributed by atoms with E-state index in [9.17, 15) is 0 Å². The van der Waals surface area contributed by atoms with E-state index in [0.29, 0.717) is 10.8 Å². The van der Waals surface area contributed by atoms with E-state index >= 15 is 0 Å². The molecule has 0 radical (unpaired) electrons. The van der Waals surface area contributed by atoms with E-state index in [1.807, 2.05) is 13.8 Å². The fraction of sp³-hybridized carbons (Fsp3) is 0.333. The van der Waals surface area contributed by atoms with Crippen molar-refractivity contribution in [3.8, 4) is 0 Å². The highest BCUT2D eigenvalue weighted by Gasteiger charge is 2.08. The van der Waals surface area contributed by atoms with E-state index in [0.717, 1.165) is 5.69 Å². The smallest absolute Gasteiger partial charge is 0.156 e. The van der Waals surface area contributed by atoms with Gasteiger partial charge in [-0.15, -0.1) is 0 Å². The maximum atomic E-state index is 5.68. The summed E-state index contributed by atoms with van der Waals surface area (Å²) in [6.07, 6.45) is 2.68. The summed E-state index contributed by atoms with van der Waals surface area (Å²) in [5.41, 5.74) is 12.4. The van der Waals surface area contributed by atoms with E-state index in [1.54, 1.807) is 0 Å². The Morgan fingerprint density at radius 2 is 1.19 bits per heavy atom. The van der Waals surface area contributed by atoms with E-state index in [1.165, 1.54) is 12.7 Å². The number of rotatable bonds is 1. The van der Waals surface area contributed by atoms with Gasteiger partial charge in [0.25, 0.3) is 0 Å². The van der Waals surface area contributed by atoms with Gasteiger partial charge in [0.1, 0.15) is 18.3 Å². The molecule has 0 saturated carbocycles. The summed E-state index contributed by atoms with van der Waals surface area (Å²) in [7, 11) is 0. The summed E-state index contributed by atoms with van der Waals surface area (Å²) in [5, 5.41) is 0.716. The van der Waals surface area contributed by atoms with Gasteiger partial charge >= 0.3 is 0 Å². The molecule has 0 atom stereocenters. The van der Waals surface area contributed by atoms with E-state index in [-0.39, 0.29) is 29.3 Å². The van der Waals surface area contributed by atoms with Crippen LogP contribution in [0.1, 0.15) is 32.9 Å². The molecule has 116 valence electrons. The van der Waals surface area contributed by atoms with Crippen LogP contribution in [0, 0.1) is 0 Å². The fourth-order valence-corrected chi connectivity index (χ4v) is 1.66. The van der Waals surface area contributed by atoms with Crippen molar-refractivity contribution < 1.29 is 0 Å². The molecular formula is C12H17Cl3N6. The number of aromatic nitrogens is 4. The quantitative estimate of drug-likeness (QED) is 0.756. The van der Waals surface area contributed by atoms with Crippen molar-refractivity contribution in [1.82, 2.24) is 19.9 Å². The molecular weight excluding hydrogens is 335 g/mol. The van der Waals surface area contributed by atoms with Crippen molar-refractivity contribution in [1.29, 1.82) is 0 Å². The zero-order valence-corrected chi connectivity index (χ0v) is 13.1. The monoisotopic (exact) mass is 350 g/mol. The molecule has 9 heteroatoms. The summed E-state index contributed by atoms with van der Waals surface area (Å²) in [6, 6.07) is 0. The van der Waals surface area contributed by atoms with Crippen LogP contribution in [0.4, 0.5) is 11.4 Å². The number of hydrogen-bond donors (Lipinski definition) is 2. The SMILES string of the molecule is C.CC(C)c1ncnc(Cl)c1N.Nc1c(Cl)ncnc1Cl. The Morgan fingerprint density at radius 1 is 0.810 bits per heavy atom. The maximum Gasteiger partial charge on any atom is 0.156 e. The molecule has 0 spiro atoms. The van der Waals surface area contributed by atoms with Gasteiger partial charge in [0.15, 0.2) is 15.5 Å². The van der Waals surface area contributed by atoms with Gasteiger partial charge in [-0.05, 0) is 5.92 Å². The molecule has 0 aliphatic heterocycles. The van der Waals surface area contributed by atoms with Gasteiger partial charge in [-0.2, -0.15) is 0 Å². The van der Waals surface area contributed by atoms with Gasteiger partial charge in [0, 0.05) is 0 Å². The Kier molecular flexibility index (Phi) is 8.24. The van der Waals surface area contributed by atoms with E-state index < -0.39 is 0 Å². The third-order valence-electron chi connectivity index (χ3n) is 2.20. The number of halogens is 3. The molecule has 2 aromatic heterocycles. The number of nitrogen functional groups attached to an aromatic ring is 2. The predicted octanol–water partition coefficient (Wildman–Crippen LogP) is 3.84. The predicted molar refractivity (Wildman–Crippen MR) is 88.7 cm³/mol. The second kappa shape index (κ2) is 8.81. The van der Waals surface area contributed by atoms with Crippen LogP contribution in [0.3, 0.4) is 0 Å². The summed E-state index contributed by atoms with van der Waals surface area (Å²) >= 11 is 16.6. The molecule has 2 rings (SSSR count). The third-order valence-corrected chi connectivity index (χ3v) is 3.10. The van der Waals surface area contributed by atoms with Crippen LogP contribution in [0.5, 0.6) is 0 Å². The average Bonchev–Trinajstić information content (AvgIpc) is 2.39. The molecule has 2 heterocycles. The molecule has 0 saturated heterocycles. The Morgan fingerprint density at radius 3 is 1.52 bits per heavy atom. The lowest BCUT2D eigenvalue weighted by Gasteiger charge is -2.07. The Labute approximate surface area is 138 Å². The van der Waals surface area contributed by atoms with Gasteiger partial charge in [0.05, 0.1) is 11.4 Å². The van der Waals surface area contributed by atoms with Crippen LogP contribution in [0.25, 0.3) is 0 Å². The minimum Gasteiger partial charge on any atom is -0.395 e. The van der Waals surface area contributed by atoms with Gasteiger partial charge in [-0.1, -0.05) is 56.1 Å². The van der Waals surface area contributed by atoms with Crippen LogP contribution in [-0.2, 0) is 0 Å². The Hall–Kier alpha value is -1.37. The van der Waals surface area contributed by atoms with Gasteiger partial charge < -0.3 is 11.5 Å². The molecule has 2 aromatic rings. The second-order valence-corrected chi connectivity index (χ2v) is 5.06. The topological polar surface area (TPSA) is 104 Å².